The molecule has 0 unspecified atom stereocenters. The van der Waals surface area contributed by atoms with Crippen LogP contribution in [0.25, 0.3) is 0 Å². The van der Waals surface area contributed by atoms with E-state index in [1.165, 1.54) is 5.56 Å². The predicted molar refractivity (Wildman–Crippen MR) is 91.6 cm³/mol. The minimum atomic E-state index is 0.647. The van der Waals surface area contributed by atoms with E-state index >= 15 is 0 Å². The summed E-state index contributed by atoms with van der Waals surface area (Å²) in [4.78, 5) is 4.16. The van der Waals surface area contributed by atoms with Crippen molar-refractivity contribution in [1.29, 1.82) is 0 Å². The number of aryl methyl sites for hydroxylation is 1. The maximum atomic E-state index is 5.87. The monoisotopic (exact) mass is 305 g/mol. The molecule has 1 rings (SSSR count). The summed E-state index contributed by atoms with van der Waals surface area (Å²) >= 11 is 0. The Kier molecular flexibility index (Phi) is 8.76. The Morgan fingerprint density at radius 2 is 2.14 bits per heavy atom. The molecule has 1 aromatic carbocycles. The average molecular weight is 305 g/mol. The molecule has 0 heterocycles. The number of guanidine groups is 1. The van der Waals surface area contributed by atoms with Crippen molar-refractivity contribution in [2.45, 2.75) is 19.9 Å². The van der Waals surface area contributed by atoms with Gasteiger partial charge in [0.05, 0.1) is 6.61 Å². The molecule has 0 aliphatic carbocycles. The zero-order valence-electron chi connectivity index (χ0n) is 13.8. The van der Waals surface area contributed by atoms with Gasteiger partial charge in [-0.1, -0.05) is 18.2 Å². The molecule has 2 N–H and O–H groups in total. The van der Waals surface area contributed by atoms with Gasteiger partial charge in [0.15, 0.2) is 5.96 Å². The fourth-order valence-corrected chi connectivity index (χ4v) is 1.90. The third-order valence-corrected chi connectivity index (χ3v) is 3.06. The second-order valence-electron chi connectivity index (χ2n) is 4.90. The van der Waals surface area contributed by atoms with Crippen molar-refractivity contribution >= 4 is 5.96 Å². The first-order chi connectivity index (χ1) is 10.7. The van der Waals surface area contributed by atoms with Crippen molar-refractivity contribution in [3.63, 3.8) is 0 Å². The van der Waals surface area contributed by atoms with E-state index in [9.17, 15) is 0 Å². The van der Waals surface area contributed by atoms with E-state index in [0.717, 1.165) is 23.7 Å². The van der Waals surface area contributed by atoms with Crippen molar-refractivity contribution in [3.8, 4) is 5.75 Å². The first-order valence-electron chi connectivity index (χ1n) is 7.48. The lowest BCUT2D eigenvalue weighted by atomic mass is 10.1. The largest absolute Gasteiger partial charge is 0.493 e. The van der Waals surface area contributed by atoms with Gasteiger partial charge in [-0.2, -0.15) is 0 Å². The zero-order chi connectivity index (χ0) is 16.2. The minimum Gasteiger partial charge on any atom is -0.493 e. The van der Waals surface area contributed by atoms with Crippen LogP contribution in [0.2, 0.25) is 0 Å². The van der Waals surface area contributed by atoms with Crippen molar-refractivity contribution in [3.05, 3.63) is 42.0 Å². The van der Waals surface area contributed by atoms with Crippen LogP contribution in [0.5, 0.6) is 5.75 Å². The van der Waals surface area contributed by atoms with Crippen LogP contribution < -0.4 is 15.4 Å². The predicted octanol–water partition coefficient (Wildman–Crippen LogP) is 2.26. The Hall–Kier alpha value is -2.01. The van der Waals surface area contributed by atoms with E-state index in [-0.39, 0.29) is 0 Å². The molecule has 0 radical (unpaired) electrons. The molecule has 5 heteroatoms. The summed E-state index contributed by atoms with van der Waals surface area (Å²) in [6, 6.07) is 6.22. The van der Waals surface area contributed by atoms with Gasteiger partial charge < -0.3 is 20.1 Å². The normalized spacial score (nSPS) is 11.1. The first-order valence-corrected chi connectivity index (χ1v) is 7.48. The molecule has 22 heavy (non-hydrogen) atoms. The molecule has 0 saturated heterocycles. The molecule has 0 saturated carbocycles. The Bertz CT molecular complexity index is 487. The molecule has 0 bridgehead atoms. The Morgan fingerprint density at radius 3 is 2.82 bits per heavy atom. The number of aliphatic imine (C=N–C) groups is 1. The van der Waals surface area contributed by atoms with E-state index < -0.39 is 0 Å². The van der Waals surface area contributed by atoms with Gasteiger partial charge in [0.1, 0.15) is 5.75 Å². The molecule has 1 aromatic rings. The molecular weight excluding hydrogens is 278 g/mol. The average Bonchev–Trinajstić information content (AvgIpc) is 2.53. The quantitative estimate of drug-likeness (QED) is 0.318. The molecule has 0 fully saturated rings. The SMILES string of the molecule is C=CCNC(=NC)NCc1ccc(C)cc1OCCCOC. The minimum absolute atomic E-state index is 0.647. The van der Waals surface area contributed by atoms with Crippen LogP contribution >= 0.6 is 0 Å². The van der Waals surface area contributed by atoms with Crippen LogP contribution in [0.15, 0.2) is 35.8 Å². The standard InChI is InChI=1S/C17H27N3O2/c1-5-9-19-17(18-3)20-13-15-8-7-14(2)12-16(15)22-11-6-10-21-4/h5,7-8,12H,1,6,9-11,13H2,2-4H3,(H2,18,19,20). The Morgan fingerprint density at radius 1 is 1.32 bits per heavy atom. The third-order valence-electron chi connectivity index (χ3n) is 3.06. The fraction of sp³-hybridized carbons (Fsp3) is 0.471. The molecule has 0 spiro atoms. The summed E-state index contributed by atoms with van der Waals surface area (Å²) in [6.07, 6.45) is 2.67. The Labute approximate surface area is 133 Å². The van der Waals surface area contributed by atoms with Crippen molar-refractivity contribution in [1.82, 2.24) is 10.6 Å². The topological polar surface area (TPSA) is 54.9 Å². The van der Waals surface area contributed by atoms with Crippen molar-refractivity contribution in [2.24, 2.45) is 4.99 Å². The highest BCUT2D eigenvalue weighted by atomic mass is 16.5. The summed E-state index contributed by atoms with van der Waals surface area (Å²) in [7, 11) is 3.44. The van der Waals surface area contributed by atoms with Gasteiger partial charge in [-0.05, 0) is 18.6 Å². The fourth-order valence-electron chi connectivity index (χ4n) is 1.90. The molecular formula is C17H27N3O2. The number of hydrogen-bond donors (Lipinski definition) is 2. The Balaban J connectivity index is 2.62. The number of ether oxygens (including phenoxy) is 2. The van der Waals surface area contributed by atoms with Crippen LogP contribution in [-0.4, -0.2) is 39.9 Å². The number of rotatable bonds is 9. The highest BCUT2D eigenvalue weighted by Crippen LogP contribution is 2.20. The molecule has 0 amide bonds. The van der Waals surface area contributed by atoms with E-state index in [4.69, 9.17) is 9.47 Å². The number of benzene rings is 1. The lowest BCUT2D eigenvalue weighted by molar-refractivity contribution is 0.172. The van der Waals surface area contributed by atoms with Gasteiger partial charge in [-0.3, -0.25) is 4.99 Å². The van der Waals surface area contributed by atoms with Gasteiger partial charge in [-0.15, -0.1) is 6.58 Å². The second kappa shape index (κ2) is 10.7. The van der Waals surface area contributed by atoms with Gasteiger partial charge >= 0.3 is 0 Å². The molecule has 0 aliphatic rings. The molecule has 0 aliphatic heterocycles. The van der Waals surface area contributed by atoms with Gasteiger partial charge in [0, 0.05) is 45.8 Å². The lowest BCUT2D eigenvalue weighted by Gasteiger charge is -2.15. The maximum Gasteiger partial charge on any atom is 0.191 e. The second-order valence-corrected chi connectivity index (χ2v) is 4.90. The summed E-state index contributed by atoms with van der Waals surface area (Å²) in [5.74, 6) is 1.65. The van der Waals surface area contributed by atoms with E-state index in [1.807, 2.05) is 0 Å². The first kappa shape index (κ1) is 18.0. The number of methoxy groups -OCH3 is 1. The maximum absolute atomic E-state index is 5.87. The van der Waals surface area contributed by atoms with Crippen LogP contribution in [-0.2, 0) is 11.3 Å². The number of nitrogens with zero attached hydrogens (tertiary/aromatic N) is 1. The third kappa shape index (κ3) is 6.63. The summed E-state index contributed by atoms with van der Waals surface area (Å²) in [5.41, 5.74) is 2.28. The summed E-state index contributed by atoms with van der Waals surface area (Å²) in [5, 5.41) is 6.41. The van der Waals surface area contributed by atoms with Crippen LogP contribution in [0.4, 0.5) is 0 Å². The lowest BCUT2D eigenvalue weighted by Crippen LogP contribution is -2.36. The smallest absolute Gasteiger partial charge is 0.191 e. The molecule has 122 valence electrons. The van der Waals surface area contributed by atoms with Crippen molar-refractivity contribution < 1.29 is 9.47 Å². The molecule has 5 nitrogen and oxygen atoms in total. The van der Waals surface area contributed by atoms with E-state index in [0.29, 0.717) is 26.3 Å². The number of nitrogens with one attached hydrogen (secondary N) is 2. The van der Waals surface area contributed by atoms with E-state index in [1.54, 1.807) is 20.2 Å². The summed E-state index contributed by atoms with van der Waals surface area (Å²) < 4.78 is 10.9. The van der Waals surface area contributed by atoms with Crippen LogP contribution in [0, 0.1) is 6.92 Å². The molecule has 0 atom stereocenters. The van der Waals surface area contributed by atoms with Crippen LogP contribution in [0.3, 0.4) is 0 Å². The van der Waals surface area contributed by atoms with Gasteiger partial charge in [0.25, 0.3) is 0 Å². The molecule has 0 aromatic heterocycles. The van der Waals surface area contributed by atoms with Gasteiger partial charge in [0.2, 0.25) is 0 Å². The van der Waals surface area contributed by atoms with Crippen molar-refractivity contribution in [2.75, 3.05) is 33.9 Å². The highest BCUT2D eigenvalue weighted by molar-refractivity contribution is 5.79. The summed E-state index contributed by atoms with van der Waals surface area (Å²) in [6.45, 7) is 8.42. The van der Waals surface area contributed by atoms with Crippen LogP contribution in [0.1, 0.15) is 17.5 Å². The highest BCUT2D eigenvalue weighted by Gasteiger charge is 2.05. The zero-order valence-corrected chi connectivity index (χ0v) is 13.8. The van der Waals surface area contributed by atoms with Gasteiger partial charge in [-0.25, -0.2) is 0 Å². The van der Waals surface area contributed by atoms with E-state index in [2.05, 4.69) is 47.3 Å². The number of hydrogen-bond acceptors (Lipinski definition) is 3.